The van der Waals surface area contributed by atoms with Gasteiger partial charge in [0.15, 0.2) is 5.52 Å². The van der Waals surface area contributed by atoms with Crippen molar-refractivity contribution in [2.24, 2.45) is 14.1 Å². The van der Waals surface area contributed by atoms with E-state index in [2.05, 4.69) is 25.1 Å². The highest BCUT2D eigenvalue weighted by Gasteiger charge is 2.34. The fraction of sp³-hybridized carbons (Fsp3) is 0.391. The van der Waals surface area contributed by atoms with Gasteiger partial charge in [-0.15, -0.1) is 24.8 Å². The Morgan fingerprint density at radius 3 is 2.51 bits per heavy atom. The van der Waals surface area contributed by atoms with Gasteiger partial charge in [-0.25, -0.2) is 9.37 Å². The molecule has 9 nitrogen and oxygen atoms in total. The molecule has 188 valence electrons. The molecule has 0 aliphatic carbocycles. The Kier molecular flexibility index (Phi) is 8.00. The predicted molar refractivity (Wildman–Crippen MR) is 135 cm³/mol. The average molecular weight is 524 g/mol. The van der Waals surface area contributed by atoms with E-state index < -0.39 is 5.60 Å². The number of fused-ring (bicyclic) bond motifs is 1. The van der Waals surface area contributed by atoms with Crippen LogP contribution < -0.4 is 5.56 Å². The standard InChI is InChI=1S/C23H26FN7O2.2ClH/c1-29-18(5-8-27-29)15-3-4-16(17(24)11-15)13-31-9-6-23(33,7-10-31)12-19-20-21(28-30(19)2)22(32)26-14-25-20;;/h3-5,8,11,14,33H,6-7,9-10,12-13H2,1-2H3,(H,25,26,32);2*1H. The number of benzene rings is 1. The molecule has 0 radical (unpaired) electrons. The Balaban J connectivity index is 0.00000171. The third kappa shape index (κ3) is 5.25. The van der Waals surface area contributed by atoms with Crippen molar-refractivity contribution in [1.29, 1.82) is 0 Å². The summed E-state index contributed by atoms with van der Waals surface area (Å²) >= 11 is 0. The van der Waals surface area contributed by atoms with Gasteiger partial charge in [-0.05, 0) is 25.0 Å². The summed E-state index contributed by atoms with van der Waals surface area (Å²) in [6.45, 7) is 1.77. The largest absolute Gasteiger partial charge is 0.389 e. The van der Waals surface area contributed by atoms with Gasteiger partial charge in [0, 0.05) is 57.5 Å². The van der Waals surface area contributed by atoms with Gasteiger partial charge >= 0.3 is 0 Å². The van der Waals surface area contributed by atoms with Crippen LogP contribution in [0.2, 0.25) is 0 Å². The quantitative estimate of drug-likeness (QED) is 0.416. The zero-order valence-electron chi connectivity index (χ0n) is 19.4. The van der Waals surface area contributed by atoms with Gasteiger partial charge in [0.2, 0.25) is 0 Å². The second kappa shape index (κ2) is 10.4. The summed E-state index contributed by atoms with van der Waals surface area (Å²) in [4.78, 5) is 20.9. The second-order valence-corrected chi connectivity index (χ2v) is 8.82. The van der Waals surface area contributed by atoms with Gasteiger partial charge in [0.1, 0.15) is 11.3 Å². The van der Waals surface area contributed by atoms with Gasteiger partial charge in [-0.2, -0.15) is 10.2 Å². The molecule has 0 unspecified atom stereocenters. The molecule has 1 aliphatic heterocycles. The molecule has 1 saturated heterocycles. The summed E-state index contributed by atoms with van der Waals surface area (Å²) < 4.78 is 18.1. The van der Waals surface area contributed by atoms with E-state index in [1.54, 1.807) is 28.7 Å². The van der Waals surface area contributed by atoms with E-state index in [1.165, 1.54) is 6.33 Å². The number of aryl methyl sites for hydroxylation is 2. The predicted octanol–water partition coefficient (Wildman–Crippen LogP) is 2.61. The van der Waals surface area contributed by atoms with Crippen molar-refractivity contribution in [3.05, 3.63) is 64.2 Å². The molecular formula is C23H28Cl2FN7O2. The Morgan fingerprint density at radius 1 is 1.11 bits per heavy atom. The van der Waals surface area contributed by atoms with E-state index in [1.807, 2.05) is 25.2 Å². The van der Waals surface area contributed by atoms with E-state index in [-0.39, 0.29) is 41.7 Å². The Hall–Kier alpha value is -2.79. The van der Waals surface area contributed by atoms with Crippen LogP contribution >= 0.6 is 24.8 Å². The maximum atomic E-state index is 14.8. The number of aromatic amines is 1. The van der Waals surface area contributed by atoms with E-state index >= 15 is 0 Å². The molecule has 0 atom stereocenters. The molecule has 0 saturated carbocycles. The summed E-state index contributed by atoms with van der Waals surface area (Å²) in [7, 11) is 3.59. The van der Waals surface area contributed by atoms with Crippen LogP contribution in [0.3, 0.4) is 0 Å². The lowest BCUT2D eigenvalue weighted by molar-refractivity contribution is -0.0236. The van der Waals surface area contributed by atoms with Crippen LogP contribution in [0.4, 0.5) is 4.39 Å². The van der Waals surface area contributed by atoms with Crippen LogP contribution in [-0.2, 0) is 27.1 Å². The van der Waals surface area contributed by atoms with Crippen LogP contribution in [0, 0.1) is 5.82 Å². The number of piperidine rings is 1. The first-order valence-corrected chi connectivity index (χ1v) is 10.9. The van der Waals surface area contributed by atoms with Gasteiger partial charge < -0.3 is 10.1 Å². The first-order valence-electron chi connectivity index (χ1n) is 10.9. The Labute approximate surface area is 213 Å². The Bertz CT molecular complexity index is 1380. The topological polar surface area (TPSA) is 105 Å². The fourth-order valence-electron chi connectivity index (χ4n) is 4.61. The molecule has 2 N–H and O–H groups in total. The molecular weight excluding hydrogens is 496 g/mol. The lowest BCUT2D eigenvalue weighted by Crippen LogP contribution is -2.45. The van der Waals surface area contributed by atoms with Crippen molar-refractivity contribution in [3.8, 4) is 11.3 Å². The van der Waals surface area contributed by atoms with E-state index in [0.29, 0.717) is 50.0 Å². The summed E-state index contributed by atoms with van der Waals surface area (Å²) in [6.07, 6.45) is 4.49. The maximum Gasteiger partial charge on any atom is 0.279 e. The number of H-pyrrole nitrogens is 1. The number of rotatable bonds is 5. The van der Waals surface area contributed by atoms with Crippen molar-refractivity contribution in [2.45, 2.75) is 31.4 Å². The summed E-state index contributed by atoms with van der Waals surface area (Å²) in [5, 5.41) is 19.6. The number of hydrogen-bond acceptors (Lipinski definition) is 6. The van der Waals surface area contributed by atoms with Gasteiger partial charge in [0.25, 0.3) is 5.56 Å². The minimum Gasteiger partial charge on any atom is -0.389 e. The van der Waals surface area contributed by atoms with Crippen LogP contribution in [-0.4, -0.2) is 58.2 Å². The molecule has 4 aromatic rings. The number of aliphatic hydroxyl groups is 1. The smallest absolute Gasteiger partial charge is 0.279 e. The average Bonchev–Trinajstić information content (AvgIpc) is 3.35. The number of nitrogens with zero attached hydrogens (tertiary/aromatic N) is 6. The zero-order valence-corrected chi connectivity index (χ0v) is 21.1. The molecule has 1 aliphatic rings. The third-order valence-corrected chi connectivity index (χ3v) is 6.59. The summed E-state index contributed by atoms with van der Waals surface area (Å²) in [5.74, 6) is -0.243. The first kappa shape index (κ1) is 26.8. The van der Waals surface area contributed by atoms with Crippen LogP contribution in [0.1, 0.15) is 24.1 Å². The monoisotopic (exact) mass is 523 g/mol. The van der Waals surface area contributed by atoms with E-state index in [9.17, 15) is 14.3 Å². The highest BCUT2D eigenvalue weighted by Crippen LogP contribution is 2.29. The number of likely N-dealkylation sites (tertiary alicyclic amines) is 1. The van der Waals surface area contributed by atoms with Crippen molar-refractivity contribution < 1.29 is 9.50 Å². The fourth-order valence-corrected chi connectivity index (χ4v) is 4.61. The molecule has 4 heterocycles. The zero-order chi connectivity index (χ0) is 23.2. The third-order valence-electron chi connectivity index (χ3n) is 6.59. The highest BCUT2D eigenvalue weighted by molar-refractivity contribution is 5.85. The lowest BCUT2D eigenvalue weighted by atomic mass is 9.86. The molecule has 3 aromatic heterocycles. The molecule has 35 heavy (non-hydrogen) atoms. The van der Waals surface area contributed by atoms with Crippen molar-refractivity contribution in [3.63, 3.8) is 0 Å². The van der Waals surface area contributed by atoms with Crippen molar-refractivity contribution in [2.75, 3.05) is 13.1 Å². The minimum absolute atomic E-state index is 0. The number of aromatic nitrogens is 6. The summed E-state index contributed by atoms with van der Waals surface area (Å²) in [5.41, 5.74) is 2.61. The first-order chi connectivity index (χ1) is 15.8. The molecule has 0 spiro atoms. The van der Waals surface area contributed by atoms with Crippen molar-refractivity contribution in [1.82, 2.24) is 34.4 Å². The molecule has 1 aromatic carbocycles. The molecule has 0 bridgehead atoms. The molecule has 0 amide bonds. The lowest BCUT2D eigenvalue weighted by Gasteiger charge is -2.38. The van der Waals surface area contributed by atoms with Gasteiger partial charge in [-0.1, -0.05) is 12.1 Å². The normalized spacial score (nSPS) is 15.5. The minimum atomic E-state index is -0.927. The Morgan fingerprint density at radius 2 is 1.86 bits per heavy atom. The number of nitrogens with one attached hydrogen (secondary N) is 1. The molecule has 1 fully saturated rings. The summed E-state index contributed by atoms with van der Waals surface area (Å²) in [6, 6.07) is 7.15. The number of hydrogen-bond donors (Lipinski definition) is 2. The van der Waals surface area contributed by atoms with Crippen LogP contribution in [0.25, 0.3) is 22.3 Å². The molecule has 5 rings (SSSR count). The van der Waals surface area contributed by atoms with Crippen molar-refractivity contribution >= 4 is 35.8 Å². The van der Waals surface area contributed by atoms with E-state index in [0.717, 1.165) is 17.0 Å². The SMILES string of the molecule is Cl.Cl.Cn1nccc1-c1ccc(CN2CCC(O)(Cc3c4nc[nH]c(=O)c4nn3C)CC2)c(F)c1. The van der Waals surface area contributed by atoms with Crippen LogP contribution in [0.5, 0.6) is 0 Å². The number of halogens is 3. The molecule has 12 heteroatoms. The van der Waals surface area contributed by atoms with Gasteiger partial charge in [-0.3, -0.25) is 19.1 Å². The van der Waals surface area contributed by atoms with Gasteiger partial charge in [0.05, 0.1) is 23.3 Å². The van der Waals surface area contributed by atoms with Crippen LogP contribution in [0.15, 0.2) is 41.6 Å². The second-order valence-electron chi connectivity index (χ2n) is 8.82. The maximum absolute atomic E-state index is 14.8. The van der Waals surface area contributed by atoms with E-state index in [4.69, 9.17) is 0 Å². The highest BCUT2D eigenvalue weighted by atomic mass is 35.5.